The molecule has 8 heteroatoms. The van der Waals surface area contributed by atoms with Crippen molar-refractivity contribution in [3.05, 3.63) is 24.3 Å². The van der Waals surface area contributed by atoms with Gasteiger partial charge in [-0.2, -0.15) is 0 Å². The molecule has 3 saturated heterocycles. The zero-order valence-corrected chi connectivity index (χ0v) is 20.5. The minimum Gasteiger partial charge on any atom is -0.465 e. The summed E-state index contributed by atoms with van der Waals surface area (Å²) < 4.78 is 21.6. The van der Waals surface area contributed by atoms with Crippen LogP contribution in [0.5, 0.6) is 0 Å². The molecular formula is C27H34O8. The number of ether oxygens (including phenoxy) is 4. The predicted octanol–water partition coefficient (Wildman–Crippen LogP) is 3.28. The van der Waals surface area contributed by atoms with Crippen LogP contribution in [-0.4, -0.2) is 48.3 Å². The van der Waals surface area contributed by atoms with Crippen molar-refractivity contribution < 1.29 is 38.1 Å². The number of hydrogen-bond donors (Lipinski definition) is 0. The number of cyclic esters (lactones) is 1. The van der Waals surface area contributed by atoms with Crippen LogP contribution >= 0.6 is 0 Å². The molecular weight excluding hydrogens is 452 g/mol. The van der Waals surface area contributed by atoms with Crippen LogP contribution in [0.15, 0.2) is 24.3 Å². The Morgan fingerprint density at radius 2 is 1.66 bits per heavy atom. The van der Waals surface area contributed by atoms with Crippen LogP contribution < -0.4 is 0 Å². The molecule has 0 N–H and O–H groups in total. The second kappa shape index (κ2) is 8.79. The van der Waals surface area contributed by atoms with E-state index < -0.39 is 5.60 Å². The Balaban J connectivity index is 0.000000145. The summed E-state index contributed by atoms with van der Waals surface area (Å²) in [7, 11) is 0. The van der Waals surface area contributed by atoms with Gasteiger partial charge >= 0.3 is 23.9 Å². The van der Waals surface area contributed by atoms with Gasteiger partial charge in [-0.25, -0.2) is 9.59 Å². The molecule has 6 bridgehead atoms. The van der Waals surface area contributed by atoms with E-state index in [1.54, 1.807) is 13.8 Å². The summed E-state index contributed by atoms with van der Waals surface area (Å²) in [5.74, 6) is 0.469. The Morgan fingerprint density at radius 3 is 2.37 bits per heavy atom. The minimum absolute atomic E-state index is 0.0309. The van der Waals surface area contributed by atoms with Gasteiger partial charge in [0.05, 0.1) is 18.4 Å². The number of carbonyl (C=O) groups excluding carboxylic acids is 4. The first-order valence-electron chi connectivity index (χ1n) is 12.7. The van der Waals surface area contributed by atoms with E-state index in [0.29, 0.717) is 48.3 Å². The molecule has 7 aliphatic rings. The lowest BCUT2D eigenvalue weighted by Gasteiger charge is -2.45. The Kier molecular flexibility index (Phi) is 6.04. The van der Waals surface area contributed by atoms with Crippen molar-refractivity contribution in [1.82, 2.24) is 0 Å². The Hall–Kier alpha value is -2.64. The Labute approximate surface area is 205 Å². The van der Waals surface area contributed by atoms with Crippen LogP contribution in [0.3, 0.4) is 0 Å². The highest BCUT2D eigenvalue weighted by Crippen LogP contribution is 2.56. The van der Waals surface area contributed by atoms with Gasteiger partial charge in [0.2, 0.25) is 0 Å². The summed E-state index contributed by atoms with van der Waals surface area (Å²) in [6.45, 7) is 11.0. The molecule has 4 aliphatic carbocycles. The zero-order chi connectivity index (χ0) is 25.1. The van der Waals surface area contributed by atoms with Crippen molar-refractivity contribution in [2.75, 3.05) is 6.61 Å². The summed E-state index contributed by atoms with van der Waals surface area (Å²) in [6, 6.07) is 0. The van der Waals surface area contributed by atoms with Crippen molar-refractivity contribution in [2.45, 2.75) is 76.6 Å². The monoisotopic (exact) mass is 486 g/mol. The standard InChI is InChI=1S/C14H18O4.C13H16O4/c1-8(2)12(15)18-14-5-9-3-10(6-14)13(16)17-11(4-9)7-14;1-6(2)12(14)17-10-4-7-3-8(10)11-9(7)5-16-13(11)15/h9-11H,1,3-7H2,2H3;7-11H,1,3-5H2,2H3. The van der Waals surface area contributed by atoms with E-state index in [9.17, 15) is 19.2 Å². The number of esters is 4. The lowest BCUT2D eigenvalue weighted by atomic mass is 9.65. The third kappa shape index (κ3) is 4.40. The second-order valence-electron chi connectivity index (χ2n) is 11.5. The summed E-state index contributed by atoms with van der Waals surface area (Å²) in [4.78, 5) is 46.8. The average molecular weight is 487 g/mol. The molecule has 7 fully saturated rings. The molecule has 0 spiro atoms. The highest BCUT2D eigenvalue weighted by atomic mass is 16.6. The Morgan fingerprint density at radius 1 is 0.914 bits per heavy atom. The van der Waals surface area contributed by atoms with Crippen LogP contribution in [0.25, 0.3) is 0 Å². The largest absolute Gasteiger partial charge is 0.465 e. The molecule has 9 unspecified atom stereocenters. The highest BCUT2D eigenvalue weighted by molar-refractivity contribution is 5.88. The fourth-order valence-electron chi connectivity index (χ4n) is 7.43. The van der Waals surface area contributed by atoms with Crippen LogP contribution in [0.4, 0.5) is 0 Å². The summed E-state index contributed by atoms with van der Waals surface area (Å²) in [5, 5.41) is 0. The highest BCUT2D eigenvalue weighted by Gasteiger charge is 2.60. The average Bonchev–Trinajstić information content (AvgIpc) is 3.43. The molecule has 0 aromatic heterocycles. The molecule has 0 aromatic carbocycles. The quantitative estimate of drug-likeness (QED) is 0.339. The molecule has 8 nitrogen and oxygen atoms in total. The number of carbonyl (C=O) groups is 4. The number of fused-ring (bicyclic) bond motifs is 6. The van der Waals surface area contributed by atoms with Gasteiger partial charge in [0.15, 0.2) is 0 Å². The molecule has 3 heterocycles. The fraction of sp³-hybridized carbons (Fsp3) is 0.704. The van der Waals surface area contributed by atoms with Crippen molar-refractivity contribution >= 4 is 23.9 Å². The van der Waals surface area contributed by atoms with Crippen LogP contribution in [0, 0.1) is 35.5 Å². The van der Waals surface area contributed by atoms with E-state index in [0.717, 1.165) is 32.1 Å². The predicted molar refractivity (Wildman–Crippen MR) is 122 cm³/mol. The number of rotatable bonds is 4. The van der Waals surface area contributed by atoms with Crippen molar-refractivity contribution in [3.8, 4) is 0 Å². The summed E-state index contributed by atoms with van der Waals surface area (Å²) in [5.41, 5.74) is 0.341. The maximum atomic E-state index is 11.8. The molecule has 7 rings (SSSR count). The Bertz CT molecular complexity index is 984. The van der Waals surface area contributed by atoms with Crippen molar-refractivity contribution in [2.24, 2.45) is 35.5 Å². The van der Waals surface area contributed by atoms with E-state index in [1.807, 2.05) is 0 Å². The van der Waals surface area contributed by atoms with Gasteiger partial charge in [0, 0.05) is 35.8 Å². The van der Waals surface area contributed by atoms with E-state index in [1.165, 1.54) is 0 Å². The van der Waals surface area contributed by atoms with Crippen LogP contribution in [0.2, 0.25) is 0 Å². The molecule has 4 saturated carbocycles. The third-order valence-corrected chi connectivity index (χ3v) is 8.78. The molecule has 35 heavy (non-hydrogen) atoms. The van der Waals surface area contributed by atoms with E-state index in [-0.39, 0.29) is 53.8 Å². The first-order chi connectivity index (χ1) is 16.5. The maximum absolute atomic E-state index is 11.8. The van der Waals surface area contributed by atoms with E-state index >= 15 is 0 Å². The lowest BCUT2D eigenvalue weighted by molar-refractivity contribution is -0.169. The molecule has 0 aromatic rings. The topological polar surface area (TPSA) is 105 Å². The summed E-state index contributed by atoms with van der Waals surface area (Å²) >= 11 is 0. The first-order valence-corrected chi connectivity index (χ1v) is 12.7. The zero-order valence-electron chi connectivity index (χ0n) is 20.5. The molecule has 190 valence electrons. The normalized spacial score (nSPS) is 41.7. The van der Waals surface area contributed by atoms with E-state index in [2.05, 4.69) is 13.2 Å². The molecule has 9 atom stereocenters. The SMILES string of the molecule is C=C(C)C(=O)OC12CC3CC(C1)OC(=O)C(C3)C2.C=C(C)C(=O)OC1CC2CC1C1C(=O)OCC21. The summed E-state index contributed by atoms with van der Waals surface area (Å²) in [6.07, 6.45) is 5.66. The van der Waals surface area contributed by atoms with Crippen molar-refractivity contribution in [1.29, 1.82) is 0 Å². The van der Waals surface area contributed by atoms with Crippen LogP contribution in [0.1, 0.15) is 58.8 Å². The van der Waals surface area contributed by atoms with Crippen LogP contribution in [-0.2, 0) is 38.1 Å². The maximum Gasteiger partial charge on any atom is 0.333 e. The molecule has 0 amide bonds. The van der Waals surface area contributed by atoms with Gasteiger partial charge in [-0.05, 0) is 57.8 Å². The van der Waals surface area contributed by atoms with Gasteiger partial charge < -0.3 is 18.9 Å². The van der Waals surface area contributed by atoms with Gasteiger partial charge in [-0.1, -0.05) is 13.2 Å². The van der Waals surface area contributed by atoms with E-state index in [4.69, 9.17) is 18.9 Å². The fourth-order valence-corrected chi connectivity index (χ4v) is 7.43. The van der Waals surface area contributed by atoms with Crippen molar-refractivity contribution in [3.63, 3.8) is 0 Å². The van der Waals surface area contributed by atoms with Gasteiger partial charge in [0.25, 0.3) is 0 Å². The first kappa shape index (κ1) is 24.1. The van der Waals surface area contributed by atoms with Gasteiger partial charge in [0.1, 0.15) is 17.8 Å². The molecule has 0 radical (unpaired) electrons. The molecule has 3 aliphatic heterocycles. The van der Waals surface area contributed by atoms with Gasteiger partial charge in [-0.15, -0.1) is 0 Å². The second-order valence-corrected chi connectivity index (χ2v) is 11.5. The minimum atomic E-state index is -0.487. The van der Waals surface area contributed by atoms with Gasteiger partial charge in [-0.3, -0.25) is 9.59 Å². The lowest BCUT2D eigenvalue weighted by Crippen LogP contribution is -2.48. The number of hydrogen-bond acceptors (Lipinski definition) is 8. The third-order valence-electron chi connectivity index (χ3n) is 8.78. The smallest absolute Gasteiger partial charge is 0.333 e.